The van der Waals surface area contributed by atoms with Crippen molar-refractivity contribution in [2.45, 2.75) is 62.4 Å². The molecule has 5 rings (SSSR count). The average Bonchev–Trinajstić information content (AvgIpc) is 3.28. The maximum atomic E-state index is 12.9. The molecule has 2 aliphatic rings. The van der Waals surface area contributed by atoms with Crippen LogP contribution in [-0.4, -0.2) is 29.1 Å². The predicted molar refractivity (Wildman–Crippen MR) is 164 cm³/mol. The lowest BCUT2D eigenvalue weighted by Crippen LogP contribution is -2.22. The van der Waals surface area contributed by atoms with Crippen molar-refractivity contribution in [2.24, 2.45) is 0 Å². The summed E-state index contributed by atoms with van der Waals surface area (Å²) in [5, 5.41) is -0.149. The van der Waals surface area contributed by atoms with E-state index in [0.717, 1.165) is 77.3 Å². The third-order valence-electron chi connectivity index (χ3n) is 7.73. The molecule has 1 unspecified atom stereocenters. The van der Waals surface area contributed by atoms with Gasteiger partial charge < -0.3 is 14.2 Å². The number of ether oxygens (including phenoxy) is 3. The van der Waals surface area contributed by atoms with E-state index in [9.17, 15) is 19.2 Å². The van der Waals surface area contributed by atoms with Gasteiger partial charge in [0.25, 0.3) is 0 Å². The molecule has 3 aromatic rings. The number of fused-ring (bicyclic) bond motifs is 3. The highest BCUT2D eigenvalue weighted by Crippen LogP contribution is 2.47. The maximum Gasteiger partial charge on any atom is 0.342 e. The van der Waals surface area contributed by atoms with Crippen molar-refractivity contribution in [1.82, 2.24) is 0 Å². The number of hydrogen-bond donors (Lipinski definition) is 0. The van der Waals surface area contributed by atoms with Crippen LogP contribution in [0, 0.1) is 0 Å². The Morgan fingerprint density at radius 3 is 2.23 bits per heavy atom. The van der Waals surface area contributed by atoms with E-state index in [1.165, 1.54) is 0 Å². The fourth-order valence-corrected chi connectivity index (χ4v) is 6.26. The molecule has 0 N–H and O–H groups in total. The SMILES string of the molecule is C=COC(=O)c1ccc(C(=O)Sc2ccc3c(c2)C(C)c2cc(OC(=O)C(=C)CC(=O)OC4CCCCC4)ccc2-3)cc1. The Balaban J connectivity index is 1.21. The first kappa shape index (κ1) is 30.0. The average molecular weight is 597 g/mol. The highest BCUT2D eigenvalue weighted by Gasteiger charge is 2.27. The number of benzene rings is 3. The molecule has 43 heavy (non-hydrogen) atoms. The van der Waals surface area contributed by atoms with Gasteiger partial charge in [-0.25, -0.2) is 9.59 Å². The highest BCUT2D eigenvalue weighted by atomic mass is 32.2. The second-order valence-corrected chi connectivity index (χ2v) is 11.7. The van der Waals surface area contributed by atoms with Crippen LogP contribution < -0.4 is 4.74 Å². The van der Waals surface area contributed by atoms with Crippen LogP contribution in [0.4, 0.5) is 0 Å². The third-order valence-corrected chi connectivity index (χ3v) is 8.64. The zero-order chi connectivity index (χ0) is 30.5. The van der Waals surface area contributed by atoms with E-state index in [1.54, 1.807) is 30.3 Å². The summed E-state index contributed by atoms with van der Waals surface area (Å²) in [6.45, 7) is 9.18. The lowest BCUT2D eigenvalue weighted by molar-refractivity contribution is -0.150. The van der Waals surface area contributed by atoms with Crippen molar-refractivity contribution >= 4 is 34.8 Å². The minimum absolute atomic E-state index is 0.00290. The Bertz CT molecular complexity index is 1600. The van der Waals surface area contributed by atoms with Crippen molar-refractivity contribution in [3.05, 3.63) is 108 Å². The van der Waals surface area contributed by atoms with Crippen LogP contribution in [0.1, 0.15) is 83.2 Å². The molecule has 0 heterocycles. The molecule has 1 fully saturated rings. The molecule has 0 bridgehead atoms. The van der Waals surface area contributed by atoms with Crippen LogP contribution in [0.2, 0.25) is 0 Å². The molecule has 0 saturated heterocycles. The Kier molecular flexibility index (Phi) is 9.26. The molecule has 0 amide bonds. The molecule has 1 saturated carbocycles. The van der Waals surface area contributed by atoms with Gasteiger partial charge in [-0.1, -0.05) is 38.6 Å². The van der Waals surface area contributed by atoms with Crippen molar-refractivity contribution < 1.29 is 33.4 Å². The molecule has 0 spiro atoms. The van der Waals surface area contributed by atoms with Crippen molar-refractivity contribution in [1.29, 1.82) is 0 Å². The molecule has 0 aromatic heterocycles. The molecule has 220 valence electrons. The van der Waals surface area contributed by atoms with Crippen molar-refractivity contribution in [2.75, 3.05) is 0 Å². The lowest BCUT2D eigenvalue weighted by Gasteiger charge is -2.21. The topological polar surface area (TPSA) is 96.0 Å². The minimum Gasteiger partial charge on any atom is -0.462 e. The summed E-state index contributed by atoms with van der Waals surface area (Å²) in [6.07, 6.45) is 5.75. The van der Waals surface area contributed by atoms with Gasteiger partial charge in [0.1, 0.15) is 11.9 Å². The number of esters is 3. The van der Waals surface area contributed by atoms with Gasteiger partial charge in [-0.15, -0.1) is 0 Å². The number of thioether (sulfide) groups is 1. The Hall–Kier alpha value is -4.43. The quantitative estimate of drug-likeness (QED) is 0.0812. The predicted octanol–water partition coefficient (Wildman–Crippen LogP) is 7.78. The molecule has 8 heteroatoms. The molecule has 2 aliphatic carbocycles. The van der Waals surface area contributed by atoms with E-state index >= 15 is 0 Å². The molecule has 7 nitrogen and oxygen atoms in total. The van der Waals surface area contributed by atoms with Gasteiger partial charge in [0.05, 0.1) is 18.2 Å². The number of carbonyl (C=O) groups is 4. The summed E-state index contributed by atoms with van der Waals surface area (Å²) in [6, 6.07) is 17.7. The molecular weight excluding hydrogens is 564 g/mol. The monoisotopic (exact) mass is 596 g/mol. The third kappa shape index (κ3) is 6.97. The molecule has 0 aliphatic heterocycles. The first-order valence-corrected chi connectivity index (χ1v) is 15.1. The molecule has 3 aromatic carbocycles. The fraction of sp³-hybridized carbons (Fsp3) is 0.257. The largest absolute Gasteiger partial charge is 0.462 e. The highest BCUT2D eigenvalue weighted by molar-refractivity contribution is 8.14. The van der Waals surface area contributed by atoms with E-state index in [-0.39, 0.29) is 29.1 Å². The van der Waals surface area contributed by atoms with E-state index in [2.05, 4.69) is 20.1 Å². The summed E-state index contributed by atoms with van der Waals surface area (Å²) in [5.41, 5.74) is 4.99. The van der Waals surface area contributed by atoms with E-state index in [1.807, 2.05) is 30.3 Å². The summed E-state index contributed by atoms with van der Waals surface area (Å²) in [4.78, 5) is 50.5. The smallest absolute Gasteiger partial charge is 0.342 e. The van der Waals surface area contributed by atoms with Gasteiger partial charge in [0, 0.05) is 21.9 Å². The van der Waals surface area contributed by atoms with Crippen LogP contribution in [-0.2, 0) is 19.1 Å². The maximum absolute atomic E-state index is 12.9. The van der Waals surface area contributed by atoms with Gasteiger partial charge in [-0.05, 0) is 108 Å². The fourth-order valence-electron chi connectivity index (χ4n) is 5.47. The van der Waals surface area contributed by atoms with Gasteiger partial charge in [0.2, 0.25) is 5.12 Å². The van der Waals surface area contributed by atoms with Crippen LogP contribution in [0.5, 0.6) is 5.75 Å². The number of rotatable bonds is 9. The Morgan fingerprint density at radius 1 is 0.884 bits per heavy atom. The zero-order valence-corrected chi connectivity index (χ0v) is 24.7. The number of hydrogen-bond acceptors (Lipinski definition) is 8. The first-order chi connectivity index (χ1) is 20.7. The minimum atomic E-state index is -0.661. The van der Waals surface area contributed by atoms with Crippen LogP contribution in [0.25, 0.3) is 11.1 Å². The van der Waals surface area contributed by atoms with Crippen LogP contribution in [0.15, 0.2) is 90.6 Å². The van der Waals surface area contributed by atoms with Crippen LogP contribution >= 0.6 is 11.8 Å². The Labute approximate surface area is 254 Å². The van der Waals surface area contributed by atoms with Gasteiger partial charge in [-0.2, -0.15) is 0 Å². The van der Waals surface area contributed by atoms with E-state index < -0.39 is 17.9 Å². The summed E-state index contributed by atoms with van der Waals surface area (Å²) in [7, 11) is 0. The lowest BCUT2D eigenvalue weighted by atomic mass is 9.98. The first-order valence-electron chi connectivity index (χ1n) is 14.3. The standard InChI is InChI=1S/C35H32O7S/c1-4-40-34(38)23-10-12-24(13-11-23)35(39)43-27-15-17-29-28-16-14-26(19-30(28)22(3)31(29)20-27)42-33(37)21(2)18-32(36)41-25-8-6-5-7-9-25/h4,10-17,19-20,22,25H,1-2,5-9,18H2,3H3. The number of carbonyl (C=O) groups excluding carboxylic acids is 4. The van der Waals surface area contributed by atoms with Gasteiger partial charge in [0.15, 0.2) is 0 Å². The van der Waals surface area contributed by atoms with Gasteiger partial charge in [-0.3, -0.25) is 9.59 Å². The summed E-state index contributed by atoms with van der Waals surface area (Å²) in [5.74, 6) is -1.28. The van der Waals surface area contributed by atoms with Crippen molar-refractivity contribution in [3.63, 3.8) is 0 Å². The second kappa shape index (κ2) is 13.3. The molecule has 0 radical (unpaired) electrons. The second-order valence-electron chi connectivity index (χ2n) is 10.7. The van der Waals surface area contributed by atoms with Crippen molar-refractivity contribution in [3.8, 4) is 16.9 Å². The zero-order valence-electron chi connectivity index (χ0n) is 23.9. The van der Waals surface area contributed by atoms with E-state index in [4.69, 9.17) is 14.2 Å². The summed E-state index contributed by atoms with van der Waals surface area (Å²) >= 11 is 1.11. The molecular formula is C35H32O7S. The summed E-state index contributed by atoms with van der Waals surface area (Å²) < 4.78 is 15.8. The normalized spacial score (nSPS) is 15.5. The molecule has 1 atom stereocenters. The van der Waals surface area contributed by atoms with Gasteiger partial charge >= 0.3 is 17.9 Å². The van der Waals surface area contributed by atoms with Crippen LogP contribution in [0.3, 0.4) is 0 Å². The Morgan fingerprint density at radius 2 is 1.53 bits per heavy atom. The van der Waals surface area contributed by atoms with E-state index in [0.29, 0.717) is 16.9 Å².